The third kappa shape index (κ3) is 3.83. The monoisotopic (exact) mass is 391 g/mol. The van der Waals surface area contributed by atoms with Crippen molar-refractivity contribution >= 4 is 35.1 Å². The van der Waals surface area contributed by atoms with Gasteiger partial charge in [-0.2, -0.15) is 0 Å². The van der Waals surface area contributed by atoms with Crippen LogP contribution in [0.5, 0.6) is 0 Å². The van der Waals surface area contributed by atoms with Crippen LogP contribution in [-0.2, 0) is 4.74 Å². The van der Waals surface area contributed by atoms with Crippen LogP contribution in [0.25, 0.3) is 0 Å². The van der Waals surface area contributed by atoms with Gasteiger partial charge in [-0.25, -0.2) is 14.5 Å². The molecule has 0 aliphatic carbocycles. The van der Waals surface area contributed by atoms with Gasteiger partial charge < -0.3 is 15.2 Å². The van der Waals surface area contributed by atoms with Crippen molar-refractivity contribution in [2.75, 3.05) is 11.9 Å². The Morgan fingerprint density at radius 2 is 1.85 bits per heavy atom. The average Bonchev–Trinajstić information content (AvgIpc) is 3.00. The predicted molar refractivity (Wildman–Crippen MR) is 95.5 cm³/mol. The quantitative estimate of drug-likeness (QED) is 0.608. The number of benzene rings is 2. The second-order valence-corrected chi connectivity index (χ2v) is 6.15. The van der Waals surface area contributed by atoms with Gasteiger partial charge in [0.25, 0.3) is 5.69 Å². The maximum atomic E-state index is 12.5. The number of nitrogens with one attached hydrogen (secondary N) is 1. The number of imide groups is 1. The summed E-state index contributed by atoms with van der Waals surface area (Å²) in [6, 6.07) is 9.86. The van der Waals surface area contributed by atoms with E-state index in [0.717, 1.165) is 4.90 Å². The van der Waals surface area contributed by atoms with E-state index in [1.165, 1.54) is 24.3 Å². The molecule has 2 atom stereocenters. The van der Waals surface area contributed by atoms with E-state index < -0.39 is 35.8 Å². The fourth-order valence-electron chi connectivity index (χ4n) is 2.72. The summed E-state index contributed by atoms with van der Waals surface area (Å²) in [5.74, 6) is 0. The van der Waals surface area contributed by atoms with Gasteiger partial charge in [-0.05, 0) is 42.0 Å². The molecule has 3 amide bonds. The summed E-state index contributed by atoms with van der Waals surface area (Å²) in [4.78, 5) is 35.6. The highest BCUT2D eigenvalue weighted by Gasteiger charge is 2.46. The molecule has 1 fully saturated rings. The van der Waals surface area contributed by atoms with E-state index >= 15 is 0 Å². The molecule has 0 spiro atoms. The highest BCUT2D eigenvalue weighted by molar-refractivity contribution is 6.30. The summed E-state index contributed by atoms with van der Waals surface area (Å²) in [7, 11) is 0. The Hall–Kier alpha value is -3.17. The molecule has 3 rings (SSSR count). The fraction of sp³-hybridized carbons (Fsp3) is 0.176. The number of nitro groups is 1. The summed E-state index contributed by atoms with van der Waals surface area (Å²) in [5.41, 5.74) is 0.712. The minimum absolute atomic E-state index is 0.124. The highest BCUT2D eigenvalue weighted by Crippen LogP contribution is 2.33. The minimum Gasteiger partial charge on any atom is -0.439 e. The van der Waals surface area contributed by atoms with E-state index in [1.54, 1.807) is 24.3 Å². The molecule has 27 heavy (non-hydrogen) atoms. The molecule has 10 heteroatoms. The molecule has 0 radical (unpaired) electrons. The average molecular weight is 392 g/mol. The van der Waals surface area contributed by atoms with Gasteiger partial charge in [0, 0.05) is 22.8 Å². The molecule has 2 aromatic rings. The normalized spacial score (nSPS) is 18.9. The molecule has 1 aliphatic heterocycles. The van der Waals surface area contributed by atoms with Gasteiger partial charge in [0.15, 0.2) is 6.10 Å². The standard InChI is InChI=1S/C17H14ClN3O6/c18-11-3-5-12(6-4-11)19-16(23)20-14(9-22)15(27-17(20)24)10-1-7-13(8-2-10)21(25)26/h1-8,14-15,22H,9H2,(H,19,23)/t14-,15-/m0/s1. The van der Waals surface area contributed by atoms with Gasteiger partial charge in [0.1, 0.15) is 6.04 Å². The SMILES string of the molecule is O=C(Nc1ccc(Cl)cc1)N1C(=O)O[C@@H](c2ccc([N+](=O)[O-])cc2)[C@@H]1CO. The largest absolute Gasteiger partial charge is 0.439 e. The zero-order chi connectivity index (χ0) is 19.6. The van der Waals surface area contributed by atoms with Crippen LogP contribution in [0.3, 0.4) is 0 Å². The smallest absolute Gasteiger partial charge is 0.419 e. The summed E-state index contributed by atoms with van der Waals surface area (Å²) < 4.78 is 5.22. The Balaban J connectivity index is 1.80. The van der Waals surface area contributed by atoms with Crippen molar-refractivity contribution in [2.24, 2.45) is 0 Å². The summed E-state index contributed by atoms with van der Waals surface area (Å²) >= 11 is 5.79. The van der Waals surface area contributed by atoms with Crippen molar-refractivity contribution < 1.29 is 24.4 Å². The molecule has 0 bridgehead atoms. The van der Waals surface area contributed by atoms with Gasteiger partial charge >= 0.3 is 12.1 Å². The van der Waals surface area contributed by atoms with Gasteiger partial charge in [-0.1, -0.05) is 11.6 Å². The number of rotatable bonds is 4. The van der Waals surface area contributed by atoms with Gasteiger partial charge in [-0.15, -0.1) is 0 Å². The first-order valence-corrected chi connectivity index (χ1v) is 8.20. The molecule has 1 saturated heterocycles. The lowest BCUT2D eigenvalue weighted by Gasteiger charge is -2.21. The Morgan fingerprint density at radius 3 is 2.41 bits per heavy atom. The van der Waals surface area contributed by atoms with Crippen molar-refractivity contribution in [1.82, 2.24) is 4.90 Å². The molecular weight excluding hydrogens is 378 g/mol. The van der Waals surface area contributed by atoms with E-state index in [9.17, 15) is 24.8 Å². The molecule has 2 N–H and O–H groups in total. The van der Waals surface area contributed by atoms with E-state index in [2.05, 4.69) is 5.32 Å². The molecule has 9 nitrogen and oxygen atoms in total. The first-order valence-electron chi connectivity index (χ1n) is 7.82. The van der Waals surface area contributed by atoms with Crippen molar-refractivity contribution in [3.05, 3.63) is 69.2 Å². The molecule has 0 unspecified atom stereocenters. The summed E-state index contributed by atoms with van der Waals surface area (Å²) in [6.45, 7) is -0.540. The number of hydrogen-bond acceptors (Lipinski definition) is 6. The van der Waals surface area contributed by atoms with Crippen LogP contribution in [0.1, 0.15) is 11.7 Å². The van der Waals surface area contributed by atoms with Crippen LogP contribution >= 0.6 is 11.6 Å². The van der Waals surface area contributed by atoms with Crippen LogP contribution in [0.15, 0.2) is 48.5 Å². The van der Waals surface area contributed by atoms with E-state index in [1.807, 2.05) is 0 Å². The number of non-ortho nitro benzene ring substituents is 1. The summed E-state index contributed by atoms with van der Waals surface area (Å²) in [6.07, 6.45) is -1.87. The number of halogens is 1. The number of urea groups is 1. The van der Waals surface area contributed by atoms with Gasteiger partial charge in [-0.3, -0.25) is 10.1 Å². The fourth-order valence-corrected chi connectivity index (χ4v) is 2.84. The number of amides is 3. The maximum Gasteiger partial charge on any atom is 0.419 e. The second-order valence-electron chi connectivity index (χ2n) is 5.71. The minimum atomic E-state index is -0.980. The van der Waals surface area contributed by atoms with Crippen LogP contribution in [0, 0.1) is 10.1 Å². The molecular formula is C17H14ClN3O6. The number of anilines is 1. The molecule has 140 valence electrons. The molecule has 2 aromatic carbocycles. The lowest BCUT2D eigenvalue weighted by Crippen LogP contribution is -2.44. The van der Waals surface area contributed by atoms with Crippen LogP contribution in [0.4, 0.5) is 21.0 Å². The number of carbonyl (C=O) groups excluding carboxylic acids is 2. The first-order chi connectivity index (χ1) is 12.9. The predicted octanol–water partition coefficient (Wildman–Crippen LogP) is 3.33. The Kier molecular flexibility index (Phi) is 5.24. The maximum absolute atomic E-state index is 12.5. The van der Waals surface area contributed by atoms with Crippen molar-refractivity contribution in [1.29, 1.82) is 0 Å². The number of ether oxygens (including phenoxy) is 1. The van der Waals surface area contributed by atoms with Crippen LogP contribution in [0.2, 0.25) is 5.02 Å². The molecule has 1 aliphatic rings. The molecule has 0 saturated carbocycles. The number of nitro benzene ring substituents is 1. The number of aliphatic hydroxyl groups is 1. The first kappa shape index (κ1) is 18.6. The Labute approximate surface area is 158 Å². The third-order valence-corrected chi connectivity index (χ3v) is 4.29. The zero-order valence-corrected chi connectivity index (χ0v) is 14.5. The van der Waals surface area contributed by atoms with E-state index in [-0.39, 0.29) is 5.69 Å². The third-order valence-electron chi connectivity index (χ3n) is 4.04. The molecule has 1 heterocycles. The Bertz CT molecular complexity index is 871. The summed E-state index contributed by atoms with van der Waals surface area (Å²) in [5, 5.41) is 23.5. The number of nitrogens with zero attached hydrogens (tertiary/aromatic N) is 2. The van der Waals surface area contributed by atoms with Gasteiger partial charge in [0.2, 0.25) is 0 Å². The van der Waals surface area contributed by atoms with Crippen molar-refractivity contribution in [3.8, 4) is 0 Å². The van der Waals surface area contributed by atoms with E-state index in [0.29, 0.717) is 16.3 Å². The number of cyclic esters (lactones) is 1. The highest BCUT2D eigenvalue weighted by atomic mass is 35.5. The number of aliphatic hydroxyl groups excluding tert-OH is 1. The Morgan fingerprint density at radius 1 is 1.22 bits per heavy atom. The number of carbonyl (C=O) groups is 2. The van der Waals surface area contributed by atoms with Crippen molar-refractivity contribution in [2.45, 2.75) is 12.1 Å². The van der Waals surface area contributed by atoms with Crippen LogP contribution in [-0.4, -0.2) is 39.7 Å². The number of hydrogen-bond donors (Lipinski definition) is 2. The second kappa shape index (κ2) is 7.60. The lowest BCUT2D eigenvalue weighted by molar-refractivity contribution is -0.384. The zero-order valence-electron chi connectivity index (χ0n) is 13.7. The topological polar surface area (TPSA) is 122 Å². The van der Waals surface area contributed by atoms with Gasteiger partial charge in [0.05, 0.1) is 11.5 Å². The van der Waals surface area contributed by atoms with Crippen molar-refractivity contribution in [3.63, 3.8) is 0 Å². The van der Waals surface area contributed by atoms with E-state index in [4.69, 9.17) is 16.3 Å². The van der Waals surface area contributed by atoms with Crippen LogP contribution < -0.4 is 5.32 Å². The lowest BCUT2D eigenvalue weighted by atomic mass is 10.0. The molecule has 0 aromatic heterocycles.